The van der Waals surface area contributed by atoms with E-state index in [4.69, 9.17) is 0 Å². The third-order valence-corrected chi connectivity index (χ3v) is 3.91. The first-order valence-electron chi connectivity index (χ1n) is 6.66. The number of piperidine rings is 1. The summed E-state index contributed by atoms with van der Waals surface area (Å²) in [5.74, 6) is 0. The fraction of sp³-hybridized carbons (Fsp3) is 0.600. The molecule has 0 amide bonds. The topological polar surface area (TPSA) is 12.0 Å². The van der Waals surface area contributed by atoms with Gasteiger partial charge in [-0.2, -0.15) is 0 Å². The molecule has 0 aromatic heterocycles. The highest BCUT2D eigenvalue weighted by molar-refractivity contribution is 5.34. The maximum Gasteiger partial charge on any atom is -0.00434 e. The van der Waals surface area contributed by atoms with Gasteiger partial charge in [-0.15, -0.1) is 0 Å². The standard InChI is InChI=1S/C13H17N.C2H6/c1-2-4-12-10-13(9-11(12)3-1)5-7-14-8-6-13;1-2/h1-4,14H,5-10H2;1-2H3. The van der Waals surface area contributed by atoms with E-state index in [1.165, 1.54) is 38.8 Å². The van der Waals surface area contributed by atoms with Crippen LogP contribution in [0.1, 0.15) is 37.8 Å². The molecule has 0 radical (unpaired) electrons. The number of fused-ring (bicyclic) bond motifs is 1. The van der Waals surface area contributed by atoms with Crippen molar-refractivity contribution in [3.63, 3.8) is 0 Å². The summed E-state index contributed by atoms with van der Waals surface area (Å²) >= 11 is 0. The summed E-state index contributed by atoms with van der Waals surface area (Å²) in [6.07, 6.45) is 5.37. The molecule has 0 saturated carbocycles. The Balaban J connectivity index is 0.000000457. The largest absolute Gasteiger partial charge is 0.317 e. The second-order valence-corrected chi connectivity index (χ2v) is 4.87. The normalized spacial score (nSPS) is 21.1. The van der Waals surface area contributed by atoms with Crippen LogP contribution in [0, 0.1) is 5.41 Å². The third-order valence-electron chi connectivity index (χ3n) is 3.91. The summed E-state index contributed by atoms with van der Waals surface area (Å²) in [5, 5.41) is 3.46. The SMILES string of the molecule is CC.c1ccc2c(c1)CC1(CCNCC1)C2. The Kier molecular flexibility index (Phi) is 3.65. The number of nitrogens with one attached hydrogen (secondary N) is 1. The van der Waals surface area contributed by atoms with Gasteiger partial charge in [-0.1, -0.05) is 38.1 Å². The van der Waals surface area contributed by atoms with Gasteiger partial charge in [0.05, 0.1) is 0 Å². The smallest absolute Gasteiger partial charge is 0.00434 e. The van der Waals surface area contributed by atoms with Gasteiger partial charge < -0.3 is 5.32 Å². The molecule has 1 N–H and O–H groups in total. The van der Waals surface area contributed by atoms with Gasteiger partial charge >= 0.3 is 0 Å². The average molecular weight is 217 g/mol. The van der Waals surface area contributed by atoms with E-state index in [2.05, 4.69) is 29.6 Å². The minimum Gasteiger partial charge on any atom is -0.317 e. The lowest BCUT2D eigenvalue weighted by molar-refractivity contribution is 0.216. The summed E-state index contributed by atoms with van der Waals surface area (Å²) in [6.45, 7) is 6.43. The number of benzene rings is 1. The Hall–Kier alpha value is -0.820. The highest BCUT2D eigenvalue weighted by Crippen LogP contribution is 2.42. The molecule has 1 fully saturated rings. The lowest BCUT2D eigenvalue weighted by Crippen LogP contribution is -2.37. The van der Waals surface area contributed by atoms with Crippen molar-refractivity contribution < 1.29 is 0 Å². The maximum atomic E-state index is 3.46. The monoisotopic (exact) mass is 217 g/mol. The number of hydrogen-bond acceptors (Lipinski definition) is 1. The van der Waals surface area contributed by atoms with E-state index in [1.54, 1.807) is 11.1 Å². The molecule has 0 bridgehead atoms. The fourth-order valence-electron chi connectivity index (χ4n) is 3.08. The van der Waals surface area contributed by atoms with Crippen LogP contribution in [0.5, 0.6) is 0 Å². The average Bonchev–Trinajstić information content (AvgIpc) is 2.70. The second-order valence-electron chi connectivity index (χ2n) is 4.87. The van der Waals surface area contributed by atoms with Crippen molar-refractivity contribution in [1.29, 1.82) is 0 Å². The molecule has 3 rings (SSSR count). The molecular weight excluding hydrogens is 194 g/mol. The van der Waals surface area contributed by atoms with Gasteiger partial charge in [0.1, 0.15) is 0 Å². The lowest BCUT2D eigenvalue weighted by Gasteiger charge is -2.33. The van der Waals surface area contributed by atoms with Crippen LogP contribution in [0.3, 0.4) is 0 Å². The molecule has 1 aliphatic carbocycles. The van der Waals surface area contributed by atoms with Crippen LogP contribution in [0.25, 0.3) is 0 Å². The van der Waals surface area contributed by atoms with Crippen LogP contribution in [0.15, 0.2) is 24.3 Å². The zero-order chi connectivity index (χ0) is 11.4. The van der Waals surface area contributed by atoms with Gasteiger partial charge in [-0.25, -0.2) is 0 Å². The molecular formula is C15H23N. The molecule has 0 atom stereocenters. The Morgan fingerprint density at radius 3 is 1.94 bits per heavy atom. The van der Waals surface area contributed by atoms with Crippen molar-refractivity contribution in [2.45, 2.75) is 39.5 Å². The fourth-order valence-corrected chi connectivity index (χ4v) is 3.08. The summed E-state index contributed by atoms with van der Waals surface area (Å²) in [5.41, 5.74) is 3.83. The van der Waals surface area contributed by atoms with Gasteiger partial charge in [0.25, 0.3) is 0 Å². The molecule has 1 aliphatic heterocycles. The first kappa shape index (κ1) is 11.7. The van der Waals surface area contributed by atoms with Crippen LogP contribution in [-0.2, 0) is 12.8 Å². The van der Waals surface area contributed by atoms with E-state index in [-0.39, 0.29) is 0 Å². The Labute approximate surface area is 99.3 Å². The lowest BCUT2D eigenvalue weighted by atomic mass is 9.76. The molecule has 1 nitrogen and oxygen atoms in total. The van der Waals surface area contributed by atoms with Gasteiger partial charge in [-0.05, 0) is 55.3 Å². The van der Waals surface area contributed by atoms with Crippen LogP contribution >= 0.6 is 0 Å². The summed E-state index contributed by atoms with van der Waals surface area (Å²) in [6, 6.07) is 8.98. The predicted octanol–water partition coefficient (Wildman–Crippen LogP) is 3.18. The highest BCUT2D eigenvalue weighted by Gasteiger charge is 2.37. The van der Waals surface area contributed by atoms with Crippen molar-refractivity contribution in [3.05, 3.63) is 35.4 Å². The minimum absolute atomic E-state index is 0.620. The molecule has 0 unspecified atom stereocenters. The highest BCUT2D eigenvalue weighted by atomic mass is 14.9. The van der Waals surface area contributed by atoms with E-state index in [9.17, 15) is 0 Å². The molecule has 1 heterocycles. The van der Waals surface area contributed by atoms with E-state index >= 15 is 0 Å². The second kappa shape index (κ2) is 5.01. The number of rotatable bonds is 0. The van der Waals surface area contributed by atoms with Crippen molar-refractivity contribution in [2.75, 3.05) is 13.1 Å². The molecule has 1 saturated heterocycles. The van der Waals surface area contributed by atoms with E-state index < -0.39 is 0 Å². The molecule has 1 heteroatoms. The Bertz CT molecular complexity index is 310. The third kappa shape index (κ3) is 2.15. The zero-order valence-corrected chi connectivity index (χ0v) is 10.6. The summed E-state index contributed by atoms with van der Waals surface area (Å²) in [4.78, 5) is 0. The van der Waals surface area contributed by atoms with E-state index in [1.807, 2.05) is 13.8 Å². The Morgan fingerprint density at radius 1 is 0.938 bits per heavy atom. The maximum absolute atomic E-state index is 3.46. The molecule has 2 aliphatic rings. The van der Waals surface area contributed by atoms with E-state index in [0.29, 0.717) is 5.41 Å². The van der Waals surface area contributed by atoms with Gasteiger partial charge in [0.2, 0.25) is 0 Å². The van der Waals surface area contributed by atoms with Crippen molar-refractivity contribution >= 4 is 0 Å². The molecule has 88 valence electrons. The zero-order valence-electron chi connectivity index (χ0n) is 10.6. The van der Waals surface area contributed by atoms with E-state index in [0.717, 1.165) is 0 Å². The van der Waals surface area contributed by atoms with Crippen LogP contribution < -0.4 is 5.32 Å². The Morgan fingerprint density at radius 2 is 1.44 bits per heavy atom. The minimum atomic E-state index is 0.620. The van der Waals surface area contributed by atoms with Crippen LogP contribution in [0.2, 0.25) is 0 Å². The molecule has 16 heavy (non-hydrogen) atoms. The molecule has 1 aromatic carbocycles. The quantitative estimate of drug-likeness (QED) is 0.704. The van der Waals surface area contributed by atoms with Gasteiger partial charge in [0, 0.05) is 0 Å². The van der Waals surface area contributed by atoms with Crippen LogP contribution in [0.4, 0.5) is 0 Å². The first-order valence-corrected chi connectivity index (χ1v) is 6.66. The van der Waals surface area contributed by atoms with Crippen molar-refractivity contribution in [2.24, 2.45) is 5.41 Å². The van der Waals surface area contributed by atoms with Crippen LogP contribution in [-0.4, -0.2) is 13.1 Å². The predicted molar refractivity (Wildman–Crippen MR) is 69.7 cm³/mol. The summed E-state index contributed by atoms with van der Waals surface area (Å²) < 4.78 is 0. The van der Waals surface area contributed by atoms with Gasteiger partial charge in [-0.3, -0.25) is 0 Å². The molecule has 1 aromatic rings. The van der Waals surface area contributed by atoms with Gasteiger partial charge in [0.15, 0.2) is 0 Å². The van der Waals surface area contributed by atoms with Crippen molar-refractivity contribution in [1.82, 2.24) is 5.32 Å². The summed E-state index contributed by atoms with van der Waals surface area (Å²) in [7, 11) is 0. The first-order chi connectivity index (χ1) is 7.88. The molecule has 1 spiro atoms. The van der Waals surface area contributed by atoms with Crippen molar-refractivity contribution in [3.8, 4) is 0 Å². The number of hydrogen-bond donors (Lipinski definition) is 1.